The molecule has 1 aliphatic heterocycles. The molecular formula is C14H19NO4S. The smallest absolute Gasteiger partial charge is 0.241 e. The lowest BCUT2D eigenvalue weighted by molar-refractivity contribution is 0.0979. The molecule has 0 bridgehead atoms. The molecule has 0 amide bonds. The Bertz CT molecular complexity index is 622. The van der Waals surface area contributed by atoms with E-state index in [1.165, 1.54) is 6.07 Å². The second kappa shape index (κ2) is 5.93. The van der Waals surface area contributed by atoms with Crippen LogP contribution in [0.4, 0.5) is 0 Å². The fourth-order valence-corrected chi connectivity index (χ4v) is 3.06. The predicted molar refractivity (Wildman–Crippen MR) is 75.5 cm³/mol. The van der Waals surface area contributed by atoms with Crippen LogP contribution < -0.4 is 9.88 Å². The topological polar surface area (TPSA) is 86.5 Å². The molecular weight excluding hydrogens is 278 g/mol. The standard InChI is InChI=1S/C14H19NO4S/c1-2-3-4-5-12(16)11-8-10-6-7-19-14(10)13(9-11)20(15,17)18/h8-9H,2-7H2,1H3,(H2,15,17,18). The second-order valence-electron chi connectivity index (χ2n) is 4.99. The average molecular weight is 297 g/mol. The highest BCUT2D eigenvalue weighted by Gasteiger charge is 2.25. The summed E-state index contributed by atoms with van der Waals surface area (Å²) in [4.78, 5) is 12.0. The van der Waals surface area contributed by atoms with Crippen LogP contribution in [0.5, 0.6) is 5.75 Å². The number of unbranched alkanes of at least 4 members (excludes halogenated alkanes) is 2. The molecule has 1 heterocycles. The van der Waals surface area contributed by atoms with E-state index in [1.807, 2.05) is 0 Å². The Hall–Kier alpha value is -1.40. The summed E-state index contributed by atoms with van der Waals surface area (Å²) in [5.41, 5.74) is 1.16. The lowest BCUT2D eigenvalue weighted by atomic mass is 10.0. The molecule has 1 aliphatic rings. The Balaban J connectivity index is 2.34. The van der Waals surface area contributed by atoms with Crippen LogP contribution in [0.1, 0.15) is 48.5 Å². The molecule has 0 saturated carbocycles. The van der Waals surface area contributed by atoms with Gasteiger partial charge in [-0.2, -0.15) is 0 Å². The Morgan fingerprint density at radius 1 is 1.35 bits per heavy atom. The van der Waals surface area contributed by atoms with Crippen LogP contribution >= 0.6 is 0 Å². The van der Waals surface area contributed by atoms with Crippen LogP contribution in [0.3, 0.4) is 0 Å². The van der Waals surface area contributed by atoms with E-state index in [1.54, 1.807) is 6.07 Å². The lowest BCUT2D eigenvalue weighted by Crippen LogP contribution is -2.14. The van der Waals surface area contributed by atoms with Gasteiger partial charge in [-0.05, 0) is 24.1 Å². The molecule has 6 heteroatoms. The van der Waals surface area contributed by atoms with Crippen LogP contribution in [0, 0.1) is 0 Å². The minimum atomic E-state index is -3.89. The number of rotatable bonds is 6. The first kappa shape index (κ1) is 15.0. The molecule has 0 fully saturated rings. The number of ether oxygens (including phenoxy) is 1. The number of carbonyl (C=O) groups excluding carboxylic acids is 1. The summed E-state index contributed by atoms with van der Waals surface area (Å²) >= 11 is 0. The first-order chi connectivity index (χ1) is 9.43. The van der Waals surface area contributed by atoms with Crippen LogP contribution in [0.15, 0.2) is 17.0 Å². The molecule has 0 aromatic heterocycles. The summed E-state index contributed by atoms with van der Waals surface area (Å²) in [5.74, 6) is 0.260. The lowest BCUT2D eigenvalue weighted by Gasteiger charge is -2.09. The zero-order valence-electron chi connectivity index (χ0n) is 11.5. The van der Waals surface area contributed by atoms with Gasteiger partial charge in [-0.1, -0.05) is 19.8 Å². The molecule has 110 valence electrons. The second-order valence-corrected chi connectivity index (χ2v) is 6.52. The Morgan fingerprint density at radius 3 is 2.75 bits per heavy atom. The molecule has 0 unspecified atom stereocenters. The van der Waals surface area contributed by atoms with Crippen molar-refractivity contribution in [1.82, 2.24) is 0 Å². The molecule has 1 aromatic carbocycles. The number of Topliss-reactive ketones (excluding diaryl/α,β-unsaturated/α-hetero) is 1. The third-order valence-corrected chi connectivity index (χ3v) is 4.30. The number of fused-ring (bicyclic) bond motifs is 1. The van der Waals surface area contributed by atoms with Gasteiger partial charge in [0, 0.05) is 18.4 Å². The molecule has 5 nitrogen and oxygen atoms in total. The number of nitrogens with two attached hydrogens (primary N) is 1. The van der Waals surface area contributed by atoms with Crippen molar-refractivity contribution in [2.75, 3.05) is 6.61 Å². The van der Waals surface area contributed by atoms with Crippen LogP contribution in [-0.4, -0.2) is 20.8 Å². The fraction of sp³-hybridized carbons (Fsp3) is 0.500. The highest BCUT2D eigenvalue weighted by atomic mass is 32.2. The van der Waals surface area contributed by atoms with Crippen LogP contribution in [-0.2, 0) is 16.4 Å². The van der Waals surface area contributed by atoms with E-state index in [0.717, 1.165) is 24.8 Å². The van der Waals surface area contributed by atoms with Crippen molar-refractivity contribution in [2.45, 2.75) is 43.9 Å². The third kappa shape index (κ3) is 3.19. The van der Waals surface area contributed by atoms with Gasteiger partial charge in [0.15, 0.2) is 5.78 Å². The number of benzene rings is 1. The molecule has 0 aliphatic carbocycles. The Labute approximate surface area is 119 Å². The summed E-state index contributed by atoms with van der Waals surface area (Å²) in [6.07, 6.45) is 3.87. The zero-order chi connectivity index (χ0) is 14.8. The number of hydrogen-bond donors (Lipinski definition) is 1. The molecule has 1 aromatic rings. The van der Waals surface area contributed by atoms with Crippen molar-refractivity contribution < 1.29 is 17.9 Å². The van der Waals surface area contributed by atoms with E-state index < -0.39 is 10.0 Å². The van der Waals surface area contributed by atoms with Crippen molar-refractivity contribution in [3.8, 4) is 5.75 Å². The first-order valence-electron chi connectivity index (χ1n) is 6.79. The minimum Gasteiger partial charge on any atom is -0.492 e. The van der Waals surface area contributed by atoms with Gasteiger partial charge in [-0.15, -0.1) is 0 Å². The van der Waals surface area contributed by atoms with Crippen molar-refractivity contribution >= 4 is 15.8 Å². The van der Waals surface area contributed by atoms with E-state index in [0.29, 0.717) is 30.8 Å². The van der Waals surface area contributed by atoms with Crippen molar-refractivity contribution in [2.24, 2.45) is 5.14 Å². The molecule has 0 radical (unpaired) electrons. The molecule has 0 atom stereocenters. The Kier molecular flexibility index (Phi) is 4.45. The maximum absolute atomic E-state index is 12.1. The van der Waals surface area contributed by atoms with Gasteiger partial charge in [-0.3, -0.25) is 4.79 Å². The normalized spacial score (nSPS) is 13.9. The zero-order valence-corrected chi connectivity index (χ0v) is 12.3. The van der Waals surface area contributed by atoms with Crippen molar-refractivity contribution in [3.63, 3.8) is 0 Å². The van der Waals surface area contributed by atoms with Crippen molar-refractivity contribution in [1.29, 1.82) is 0 Å². The van der Waals surface area contributed by atoms with Gasteiger partial charge in [0.2, 0.25) is 10.0 Å². The maximum atomic E-state index is 12.1. The molecule has 0 spiro atoms. The number of hydrogen-bond acceptors (Lipinski definition) is 4. The number of primary sulfonamides is 1. The molecule has 0 saturated heterocycles. The molecule has 2 N–H and O–H groups in total. The number of sulfonamides is 1. The monoisotopic (exact) mass is 297 g/mol. The highest BCUT2D eigenvalue weighted by Crippen LogP contribution is 2.34. The van der Waals surface area contributed by atoms with Gasteiger partial charge in [0.1, 0.15) is 10.6 Å². The summed E-state index contributed by atoms with van der Waals surface area (Å²) in [6, 6.07) is 3.07. The number of carbonyl (C=O) groups is 1. The SMILES string of the molecule is CCCCCC(=O)c1cc2c(c(S(N)(=O)=O)c1)OCC2. The van der Waals surface area contributed by atoms with E-state index in [9.17, 15) is 13.2 Å². The van der Waals surface area contributed by atoms with Crippen LogP contribution in [0.2, 0.25) is 0 Å². The summed E-state index contributed by atoms with van der Waals surface area (Å²) in [6.45, 7) is 2.49. The predicted octanol–water partition coefficient (Wildman–Crippen LogP) is 2.03. The molecule has 20 heavy (non-hydrogen) atoms. The van der Waals surface area contributed by atoms with Gasteiger partial charge in [0.25, 0.3) is 0 Å². The largest absolute Gasteiger partial charge is 0.492 e. The summed E-state index contributed by atoms with van der Waals surface area (Å²) in [5, 5.41) is 5.20. The van der Waals surface area contributed by atoms with E-state index in [4.69, 9.17) is 9.88 Å². The van der Waals surface area contributed by atoms with E-state index >= 15 is 0 Å². The van der Waals surface area contributed by atoms with E-state index in [2.05, 4.69) is 6.92 Å². The summed E-state index contributed by atoms with van der Waals surface area (Å²) in [7, 11) is -3.89. The van der Waals surface area contributed by atoms with Gasteiger partial charge < -0.3 is 4.74 Å². The maximum Gasteiger partial charge on any atom is 0.241 e. The average Bonchev–Trinajstić information content (AvgIpc) is 2.84. The molecule has 2 rings (SSSR count). The fourth-order valence-electron chi connectivity index (χ4n) is 2.32. The minimum absolute atomic E-state index is 0.0435. The Morgan fingerprint density at radius 2 is 2.10 bits per heavy atom. The van der Waals surface area contributed by atoms with Gasteiger partial charge in [0.05, 0.1) is 6.61 Å². The third-order valence-electron chi connectivity index (χ3n) is 3.39. The number of ketones is 1. The first-order valence-corrected chi connectivity index (χ1v) is 8.34. The van der Waals surface area contributed by atoms with Gasteiger partial charge >= 0.3 is 0 Å². The quantitative estimate of drug-likeness (QED) is 0.643. The highest BCUT2D eigenvalue weighted by molar-refractivity contribution is 7.89. The van der Waals surface area contributed by atoms with Gasteiger partial charge in [-0.25, -0.2) is 13.6 Å². The van der Waals surface area contributed by atoms with Crippen LogP contribution in [0.25, 0.3) is 0 Å². The van der Waals surface area contributed by atoms with E-state index in [-0.39, 0.29) is 10.7 Å². The van der Waals surface area contributed by atoms with Crippen molar-refractivity contribution in [3.05, 3.63) is 23.3 Å². The summed E-state index contributed by atoms with van der Waals surface area (Å²) < 4.78 is 28.5.